The zero-order valence-electron chi connectivity index (χ0n) is 19.6. The van der Waals surface area contributed by atoms with E-state index in [0.29, 0.717) is 22.4 Å². The van der Waals surface area contributed by atoms with E-state index in [1.54, 1.807) is 67.6 Å². The molecule has 0 unspecified atom stereocenters. The number of rotatable bonds is 10. The summed E-state index contributed by atoms with van der Waals surface area (Å²) in [5.74, 6) is -0.786. The van der Waals surface area contributed by atoms with Gasteiger partial charge in [0.15, 0.2) is 0 Å². The lowest BCUT2D eigenvalue weighted by atomic mass is 10.1. The minimum atomic E-state index is -0.535. The Labute approximate surface area is 199 Å². The average molecular weight is 463 g/mol. The number of esters is 1. The molecule has 2 aromatic rings. The molecule has 8 nitrogen and oxygen atoms in total. The van der Waals surface area contributed by atoms with Crippen molar-refractivity contribution in [2.75, 3.05) is 13.1 Å². The summed E-state index contributed by atoms with van der Waals surface area (Å²) in [7, 11) is 0. The predicted molar refractivity (Wildman–Crippen MR) is 133 cm³/mol. The number of benzene rings is 2. The van der Waals surface area contributed by atoms with E-state index in [9.17, 15) is 14.4 Å². The Morgan fingerprint density at radius 3 is 2.21 bits per heavy atom. The highest BCUT2D eigenvalue weighted by molar-refractivity contribution is 5.99. The molecule has 4 N–H and O–H groups in total. The summed E-state index contributed by atoms with van der Waals surface area (Å²) in [5, 5.41) is 10.2. The van der Waals surface area contributed by atoms with Gasteiger partial charge in [-0.3, -0.25) is 15.0 Å². The van der Waals surface area contributed by atoms with Gasteiger partial charge in [-0.25, -0.2) is 4.79 Å². The molecule has 34 heavy (non-hydrogen) atoms. The van der Waals surface area contributed by atoms with Gasteiger partial charge in [0, 0.05) is 23.7 Å². The molecule has 0 aromatic heterocycles. The zero-order valence-corrected chi connectivity index (χ0v) is 19.6. The summed E-state index contributed by atoms with van der Waals surface area (Å²) < 4.78 is 5.34. The minimum absolute atomic E-state index is 0.0186. The quantitative estimate of drug-likeness (QED) is 0.125. The Morgan fingerprint density at radius 1 is 1.09 bits per heavy atom. The van der Waals surface area contributed by atoms with Crippen molar-refractivity contribution in [2.45, 2.75) is 26.8 Å². The second-order valence-electron chi connectivity index (χ2n) is 7.97. The number of nitrogens with zero attached hydrogens (tertiary/aromatic N) is 1. The third-order valence-corrected chi connectivity index (χ3v) is 4.66. The molecule has 2 amide bonds. The highest BCUT2D eigenvalue weighted by Gasteiger charge is 2.18. The van der Waals surface area contributed by atoms with Crippen molar-refractivity contribution in [3.05, 3.63) is 83.4 Å². The van der Waals surface area contributed by atoms with Crippen molar-refractivity contribution in [3.63, 3.8) is 0 Å². The molecular formula is C26H30N4O4. The Morgan fingerprint density at radius 2 is 1.68 bits per heavy atom. The Balaban J connectivity index is 2.06. The number of ether oxygens (including phenoxy) is 1. The van der Waals surface area contributed by atoms with Crippen molar-refractivity contribution in [2.24, 2.45) is 5.73 Å². The number of carbonyl (C=O) groups excluding carboxylic acids is 3. The largest absolute Gasteiger partial charge is 0.423 e. The van der Waals surface area contributed by atoms with Crippen LogP contribution >= 0.6 is 0 Å². The van der Waals surface area contributed by atoms with Crippen molar-refractivity contribution < 1.29 is 19.1 Å². The van der Waals surface area contributed by atoms with Crippen LogP contribution in [0, 0.1) is 5.41 Å². The van der Waals surface area contributed by atoms with Gasteiger partial charge in [-0.15, -0.1) is 6.58 Å². The fraction of sp³-hybridized carbons (Fsp3) is 0.231. The maximum Gasteiger partial charge on any atom is 0.343 e. The number of carbonyl (C=O) groups is 3. The molecule has 0 spiro atoms. The number of nitrogen functional groups attached to an aromatic ring is 1. The Hall–Kier alpha value is -4.20. The van der Waals surface area contributed by atoms with Crippen LogP contribution in [0.25, 0.3) is 6.08 Å². The second-order valence-corrected chi connectivity index (χ2v) is 7.97. The lowest BCUT2D eigenvalue weighted by molar-refractivity contribution is -0.132. The summed E-state index contributed by atoms with van der Waals surface area (Å²) in [6.45, 7) is 9.22. The summed E-state index contributed by atoms with van der Waals surface area (Å²) in [6, 6.07) is 12.9. The van der Waals surface area contributed by atoms with Crippen molar-refractivity contribution in [1.82, 2.24) is 10.2 Å². The normalized spacial score (nSPS) is 11.0. The summed E-state index contributed by atoms with van der Waals surface area (Å²) >= 11 is 0. The van der Waals surface area contributed by atoms with E-state index in [1.807, 2.05) is 13.8 Å². The van der Waals surface area contributed by atoms with Gasteiger partial charge in [-0.1, -0.05) is 18.2 Å². The van der Waals surface area contributed by atoms with Crippen LogP contribution in [0.4, 0.5) is 0 Å². The van der Waals surface area contributed by atoms with Gasteiger partial charge < -0.3 is 20.7 Å². The highest BCUT2D eigenvalue weighted by atomic mass is 16.5. The molecule has 0 saturated heterocycles. The van der Waals surface area contributed by atoms with Crippen molar-refractivity contribution in [1.29, 1.82) is 5.41 Å². The van der Waals surface area contributed by atoms with Crippen LogP contribution < -0.4 is 15.8 Å². The molecule has 178 valence electrons. The molecule has 0 saturated carbocycles. The van der Waals surface area contributed by atoms with Gasteiger partial charge in [0.1, 0.15) is 18.1 Å². The lowest BCUT2D eigenvalue weighted by Gasteiger charge is -2.21. The molecule has 0 heterocycles. The molecule has 2 rings (SSSR count). The van der Waals surface area contributed by atoms with Crippen LogP contribution in [0.5, 0.6) is 5.75 Å². The summed E-state index contributed by atoms with van der Waals surface area (Å²) in [6.07, 6.45) is 3.26. The van der Waals surface area contributed by atoms with E-state index in [2.05, 4.69) is 11.9 Å². The molecule has 0 radical (unpaired) electrons. The van der Waals surface area contributed by atoms with Crippen LogP contribution in [0.2, 0.25) is 0 Å². The molecule has 0 atom stereocenters. The first-order chi connectivity index (χ1) is 16.1. The smallest absolute Gasteiger partial charge is 0.343 e. The second kappa shape index (κ2) is 12.2. The van der Waals surface area contributed by atoms with Gasteiger partial charge in [-0.05, 0) is 68.8 Å². The number of amides is 2. The van der Waals surface area contributed by atoms with E-state index in [-0.39, 0.29) is 36.8 Å². The molecular weight excluding hydrogens is 432 g/mol. The van der Waals surface area contributed by atoms with Crippen LogP contribution in [0.3, 0.4) is 0 Å². The fourth-order valence-electron chi connectivity index (χ4n) is 3.06. The lowest BCUT2D eigenvalue weighted by Crippen LogP contribution is -2.43. The highest BCUT2D eigenvalue weighted by Crippen LogP contribution is 2.16. The summed E-state index contributed by atoms with van der Waals surface area (Å²) in [4.78, 5) is 38.7. The maximum atomic E-state index is 12.8. The van der Waals surface area contributed by atoms with Crippen molar-refractivity contribution in [3.8, 4) is 5.75 Å². The third-order valence-electron chi connectivity index (χ3n) is 4.66. The van der Waals surface area contributed by atoms with Gasteiger partial charge >= 0.3 is 5.97 Å². The fourth-order valence-corrected chi connectivity index (χ4v) is 3.06. The van der Waals surface area contributed by atoms with E-state index in [0.717, 1.165) is 5.56 Å². The van der Waals surface area contributed by atoms with Gasteiger partial charge in [0.25, 0.3) is 0 Å². The van der Waals surface area contributed by atoms with E-state index < -0.39 is 5.97 Å². The maximum absolute atomic E-state index is 12.8. The van der Waals surface area contributed by atoms with Gasteiger partial charge in [0.2, 0.25) is 11.8 Å². The third kappa shape index (κ3) is 7.74. The molecule has 0 aliphatic heterocycles. The SMILES string of the molecule is C=CCN(CC(=O)NC(C)C)C(=O)/C(C)=C/c1ccc(C(=O)Oc2ccc(C(=N)N)cc2)cc1. The predicted octanol–water partition coefficient (Wildman–Crippen LogP) is 3.13. The first-order valence-corrected chi connectivity index (χ1v) is 10.7. The number of hydrogen-bond donors (Lipinski definition) is 3. The molecule has 0 aliphatic rings. The average Bonchev–Trinajstić information content (AvgIpc) is 2.78. The molecule has 2 aromatic carbocycles. The molecule has 0 aliphatic carbocycles. The van der Waals surface area contributed by atoms with Crippen LogP contribution in [0.15, 0.2) is 66.8 Å². The number of nitrogens with one attached hydrogen (secondary N) is 2. The Bertz CT molecular complexity index is 1090. The molecule has 0 fully saturated rings. The van der Waals surface area contributed by atoms with Crippen LogP contribution in [0.1, 0.15) is 42.3 Å². The number of amidine groups is 1. The number of hydrogen-bond acceptors (Lipinski definition) is 5. The topological polar surface area (TPSA) is 126 Å². The van der Waals surface area contributed by atoms with Crippen molar-refractivity contribution >= 4 is 29.7 Å². The van der Waals surface area contributed by atoms with E-state index in [1.165, 1.54) is 4.90 Å². The summed E-state index contributed by atoms with van der Waals surface area (Å²) in [5.41, 5.74) is 7.46. The molecule has 0 bridgehead atoms. The van der Waals surface area contributed by atoms with E-state index >= 15 is 0 Å². The zero-order chi connectivity index (χ0) is 25.3. The van der Waals surface area contributed by atoms with Gasteiger partial charge in [-0.2, -0.15) is 0 Å². The monoisotopic (exact) mass is 462 g/mol. The first-order valence-electron chi connectivity index (χ1n) is 10.7. The van der Waals surface area contributed by atoms with Crippen LogP contribution in [-0.4, -0.2) is 47.7 Å². The number of nitrogens with two attached hydrogens (primary N) is 1. The van der Waals surface area contributed by atoms with Gasteiger partial charge in [0.05, 0.1) is 5.56 Å². The Kier molecular flexibility index (Phi) is 9.31. The standard InChI is InChI=1S/C26H30N4O4/c1-5-14-30(16-23(31)29-17(2)3)25(32)18(4)15-19-6-8-21(9-7-19)26(33)34-22-12-10-20(11-13-22)24(27)28/h5-13,15,17H,1,14,16H2,2-4H3,(H3,27,28)(H,29,31)/b18-15+. The molecule has 8 heteroatoms. The first kappa shape index (κ1) is 26.1. The van der Waals surface area contributed by atoms with Crippen LogP contribution in [-0.2, 0) is 9.59 Å². The van der Waals surface area contributed by atoms with E-state index in [4.69, 9.17) is 15.9 Å². The minimum Gasteiger partial charge on any atom is -0.423 e.